The van der Waals surface area contributed by atoms with E-state index in [0.717, 1.165) is 28.6 Å². The fourth-order valence-corrected chi connectivity index (χ4v) is 4.99. The minimum absolute atomic E-state index is 0.117. The van der Waals surface area contributed by atoms with Gasteiger partial charge in [0.2, 0.25) is 0 Å². The summed E-state index contributed by atoms with van der Waals surface area (Å²) >= 11 is 7.03. The summed E-state index contributed by atoms with van der Waals surface area (Å²) < 4.78 is 11.7. The van der Waals surface area contributed by atoms with Gasteiger partial charge in [-0.25, -0.2) is 0 Å². The van der Waals surface area contributed by atoms with Crippen LogP contribution in [0.2, 0.25) is 5.02 Å². The second-order valence-electron chi connectivity index (χ2n) is 9.26. The number of rotatable bonds is 10. The van der Waals surface area contributed by atoms with Crippen molar-refractivity contribution in [2.45, 2.75) is 26.7 Å². The lowest BCUT2D eigenvalue weighted by molar-refractivity contribution is -0.123. The Labute approximate surface area is 237 Å². The Morgan fingerprint density at radius 1 is 1.03 bits per heavy atom. The Morgan fingerprint density at radius 2 is 1.79 bits per heavy atom. The highest BCUT2D eigenvalue weighted by Gasteiger charge is 2.35. The van der Waals surface area contributed by atoms with E-state index in [4.69, 9.17) is 21.1 Å². The molecule has 1 fully saturated rings. The van der Waals surface area contributed by atoms with Crippen molar-refractivity contribution in [3.8, 4) is 11.5 Å². The lowest BCUT2D eigenvalue weighted by atomic mass is 10.0. The van der Waals surface area contributed by atoms with Crippen molar-refractivity contribution in [1.82, 2.24) is 4.90 Å². The third-order valence-corrected chi connectivity index (χ3v) is 7.05. The summed E-state index contributed by atoms with van der Waals surface area (Å²) in [7, 11) is 0. The van der Waals surface area contributed by atoms with E-state index >= 15 is 0 Å². The smallest absolute Gasteiger partial charge is 0.293 e. The number of hydrogen-bond acceptors (Lipinski definition) is 6. The zero-order valence-electron chi connectivity index (χ0n) is 21.9. The van der Waals surface area contributed by atoms with Crippen molar-refractivity contribution >= 4 is 52.2 Å². The monoisotopic (exact) mass is 564 g/mol. The number of benzene rings is 3. The molecule has 9 heteroatoms. The highest BCUT2D eigenvalue weighted by Crippen LogP contribution is 2.35. The lowest BCUT2D eigenvalue weighted by Crippen LogP contribution is -2.32. The second-order valence-corrected chi connectivity index (χ2v) is 10.7. The van der Waals surface area contributed by atoms with E-state index < -0.39 is 5.91 Å². The van der Waals surface area contributed by atoms with Gasteiger partial charge in [-0.15, -0.1) is 0 Å². The number of para-hydroxylation sites is 1. The molecule has 0 unspecified atom stereocenters. The van der Waals surface area contributed by atoms with E-state index in [1.807, 2.05) is 43.3 Å². The number of halogens is 1. The molecule has 1 aliphatic rings. The second kappa shape index (κ2) is 12.9. The highest BCUT2D eigenvalue weighted by molar-refractivity contribution is 8.18. The molecule has 1 heterocycles. The number of carbonyl (C=O) groups excluding carboxylic acids is 3. The van der Waals surface area contributed by atoms with E-state index in [1.165, 1.54) is 4.90 Å². The Balaban J connectivity index is 1.41. The van der Waals surface area contributed by atoms with Crippen molar-refractivity contribution in [3.05, 3.63) is 93.3 Å². The van der Waals surface area contributed by atoms with Crippen molar-refractivity contribution < 1.29 is 23.9 Å². The molecule has 0 radical (unpaired) electrons. The van der Waals surface area contributed by atoms with Gasteiger partial charge in [0.1, 0.15) is 18.1 Å². The molecule has 1 aliphatic heterocycles. The van der Waals surface area contributed by atoms with Crippen molar-refractivity contribution in [2.75, 3.05) is 25.1 Å². The topological polar surface area (TPSA) is 84.9 Å². The summed E-state index contributed by atoms with van der Waals surface area (Å²) in [5.74, 6) is 0.633. The third kappa shape index (κ3) is 7.43. The minimum atomic E-state index is -0.422. The van der Waals surface area contributed by atoms with Crippen LogP contribution in [0, 0.1) is 6.92 Å². The lowest BCUT2D eigenvalue weighted by Gasteiger charge is -2.17. The maximum Gasteiger partial charge on any atom is 0.293 e. The number of nitrogens with zero attached hydrogens (tertiary/aromatic N) is 1. The Kier molecular flexibility index (Phi) is 9.32. The summed E-state index contributed by atoms with van der Waals surface area (Å²) in [6, 6.07) is 19.9. The van der Waals surface area contributed by atoms with E-state index in [-0.39, 0.29) is 41.7 Å². The number of carbonyl (C=O) groups is 3. The fourth-order valence-electron chi connectivity index (χ4n) is 3.95. The van der Waals surface area contributed by atoms with Gasteiger partial charge in [0, 0.05) is 16.3 Å². The van der Waals surface area contributed by atoms with E-state index in [2.05, 4.69) is 19.2 Å². The molecule has 0 bridgehead atoms. The first-order valence-electron chi connectivity index (χ1n) is 12.5. The van der Waals surface area contributed by atoms with Crippen LogP contribution in [0.5, 0.6) is 11.5 Å². The molecule has 202 valence electrons. The summed E-state index contributed by atoms with van der Waals surface area (Å²) in [6.07, 6.45) is 1.56. The van der Waals surface area contributed by atoms with Crippen LogP contribution in [0.3, 0.4) is 0 Å². The van der Waals surface area contributed by atoms with Crippen LogP contribution >= 0.6 is 23.4 Å². The summed E-state index contributed by atoms with van der Waals surface area (Å²) in [5, 5.41) is 2.80. The van der Waals surface area contributed by atoms with Crippen LogP contribution in [0.15, 0.2) is 71.6 Å². The van der Waals surface area contributed by atoms with Gasteiger partial charge in [-0.3, -0.25) is 19.3 Å². The van der Waals surface area contributed by atoms with Gasteiger partial charge in [-0.05, 0) is 78.2 Å². The predicted molar refractivity (Wildman–Crippen MR) is 155 cm³/mol. The van der Waals surface area contributed by atoms with Gasteiger partial charge < -0.3 is 14.8 Å². The predicted octanol–water partition coefficient (Wildman–Crippen LogP) is 6.90. The number of amides is 3. The highest BCUT2D eigenvalue weighted by atomic mass is 35.5. The molecule has 4 rings (SSSR count). The number of anilines is 1. The van der Waals surface area contributed by atoms with Crippen LogP contribution in [0.25, 0.3) is 6.08 Å². The van der Waals surface area contributed by atoms with Crippen LogP contribution < -0.4 is 14.8 Å². The van der Waals surface area contributed by atoms with Crippen LogP contribution in [-0.2, 0) is 9.59 Å². The minimum Gasteiger partial charge on any atom is -0.491 e. The number of imide groups is 1. The van der Waals surface area contributed by atoms with Gasteiger partial charge in [0.05, 0.1) is 11.4 Å². The Morgan fingerprint density at radius 3 is 2.54 bits per heavy atom. The number of nitrogens with one attached hydrogen (secondary N) is 1. The van der Waals surface area contributed by atoms with Gasteiger partial charge in [-0.2, -0.15) is 0 Å². The number of ether oxygens (including phenoxy) is 2. The molecular formula is C30H29ClN2O5S. The molecule has 0 atom stereocenters. The van der Waals surface area contributed by atoms with E-state index in [0.29, 0.717) is 22.0 Å². The van der Waals surface area contributed by atoms with E-state index in [9.17, 15) is 14.4 Å². The SMILES string of the molecule is Cc1ccc(C(C)C)c(OCCN2C(=O)S/C(=C\c3cc(Cl)ccc3OCC(=O)Nc3ccccc3)C2=O)c1. The maximum atomic E-state index is 13.1. The fraction of sp³-hybridized carbons (Fsp3) is 0.233. The molecule has 0 aromatic heterocycles. The quantitative estimate of drug-likeness (QED) is 0.269. The van der Waals surface area contributed by atoms with Gasteiger partial charge in [0.25, 0.3) is 17.1 Å². The Bertz CT molecular complexity index is 1410. The van der Waals surface area contributed by atoms with Crippen LogP contribution in [0.4, 0.5) is 10.5 Å². The number of thioether (sulfide) groups is 1. The first kappa shape index (κ1) is 28.3. The van der Waals surface area contributed by atoms with Gasteiger partial charge in [0.15, 0.2) is 6.61 Å². The van der Waals surface area contributed by atoms with Crippen molar-refractivity contribution in [1.29, 1.82) is 0 Å². The molecule has 3 amide bonds. The van der Waals surface area contributed by atoms with Crippen LogP contribution in [0.1, 0.15) is 36.5 Å². The third-order valence-electron chi connectivity index (χ3n) is 5.91. The van der Waals surface area contributed by atoms with Crippen molar-refractivity contribution in [3.63, 3.8) is 0 Å². The first-order valence-corrected chi connectivity index (χ1v) is 13.7. The molecule has 0 spiro atoms. The number of hydrogen-bond donors (Lipinski definition) is 1. The van der Waals surface area contributed by atoms with Crippen LogP contribution in [-0.4, -0.2) is 41.7 Å². The average molecular weight is 565 g/mol. The summed E-state index contributed by atoms with van der Waals surface area (Å²) in [5.41, 5.74) is 3.28. The normalized spacial score (nSPS) is 14.3. The summed E-state index contributed by atoms with van der Waals surface area (Å²) in [4.78, 5) is 39.5. The van der Waals surface area contributed by atoms with Crippen molar-refractivity contribution in [2.24, 2.45) is 0 Å². The first-order chi connectivity index (χ1) is 18.7. The molecule has 7 nitrogen and oxygen atoms in total. The van der Waals surface area contributed by atoms with E-state index in [1.54, 1.807) is 36.4 Å². The largest absolute Gasteiger partial charge is 0.491 e. The Hall–Kier alpha value is -3.75. The molecule has 1 N–H and O–H groups in total. The zero-order valence-corrected chi connectivity index (χ0v) is 23.5. The molecular weight excluding hydrogens is 536 g/mol. The standard InChI is InChI=1S/C30H29ClN2O5S/c1-19(2)24-11-9-20(3)15-26(24)37-14-13-33-29(35)27(39-30(33)36)17-21-16-22(31)10-12-25(21)38-18-28(34)32-23-7-5-4-6-8-23/h4-12,15-17,19H,13-14,18H2,1-3H3,(H,32,34)/b27-17-. The van der Waals surface area contributed by atoms with Gasteiger partial charge >= 0.3 is 0 Å². The average Bonchev–Trinajstić information content (AvgIpc) is 3.16. The number of aryl methyl sites for hydroxylation is 1. The molecule has 39 heavy (non-hydrogen) atoms. The molecule has 0 aliphatic carbocycles. The maximum absolute atomic E-state index is 13.1. The van der Waals surface area contributed by atoms with Gasteiger partial charge in [-0.1, -0.05) is 55.8 Å². The molecule has 3 aromatic rings. The molecule has 1 saturated heterocycles. The zero-order chi connectivity index (χ0) is 27.9. The molecule has 3 aromatic carbocycles. The molecule has 0 saturated carbocycles. The summed E-state index contributed by atoms with van der Waals surface area (Å²) in [6.45, 7) is 6.21.